The van der Waals surface area contributed by atoms with Crippen LogP contribution in [-0.2, 0) is 23.5 Å². The van der Waals surface area contributed by atoms with Crippen molar-refractivity contribution in [3.8, 4) is 5.75 Å². The lowest BCUT2D eigenvalue weighted by Gasteiger charge is -2.12. The SMILES string of the molecule is COc1ccc(CCS(=O)(=O)NC[C@@H](O)c2cn(C)c3ccccc23)cc1. The van der Waals surface area contributed by atoms with Crippen LogP contribution in [0.3, 0.4) is 0 Å². The van der Waals surface area contributed by atoms with Crippen LogP contribution in [-0.4, -0.2) is 37.5 Å². The van der Waals surface area contributed by atoms with Crippen LogP contribution in [0.4, 0.5) is 0 Å². The maximum Gasteiger partial charge on any atom is 0.212 e. The number of nitrogens with zero attached hydrogens (tertiary/aromatic N) is 1. The number of hydrogen-bond donors (Lipinski definition) is 2. The molecule has 27 heavy (non-hydrogen) atoms. The number of aliphatic hydroxyl groups is 1. The quantitative estimate of drug-likeness (QED) is 0.621. The van der Waals surface area contributed by atoms with Crippen molar-refractivity contribution in [2.75, 3.05) is 19.4 Å². The normalized spacial score (nSPS) is 13.0. The molecule has 0 saturated carbocycles. The molecule has 3 aromatic rings. The Bertz CT molecular complexity index is 1010. The molecule has 1 atom stereocenters. The highest BCUT2D eigenvalue weighted by atomic mass is 32.2. The molecule has 0 aliphatic rings. The largest absolute Gasteiger partial charge is 0.497 e. The van der Waals surface area contributed by atoms with E-state index in [4.69, 9.17) is 4.74 Å². The van der Waals surface area contributed by atoms with E-state index < -0.39 is 16.1 Å². The Morgan fingerprint density at radius 3 is 2.56 bits per heavy atom. The Morgan fingerprint density at radius 2 is 1.85 bits per heavy atom. The van der Waals surface area contributed by atoms with Crippen LogP contribution in [0, 0.1) is 0 Å². The first-order chi connectivity index (χ1) is 12.9. The number of hydrogen-bond acceptors (Lipinski definition) is 4. The third kappa shape index (κ3) is 4.68. The highest BCUT2D eigenvalue weighted by molar-refractivity contribution is 7.89. The molecule has 1 aromatic heterocycles. The number of aryl methyl sites for hydroxylation is 2. The lowest BCUT2D eigenvalue weighted by molar-refractivity contribution is 0.183. The van der Waals surface area contributed by atoms with Gasteiger partial charge < -0.3 is 14.4 Å². The van der Waals surface area contributed by atoms with Gasteiger partial charge in [0.05, 0.1) is 19.0 Å². The Labute approximate surface area is 159 Å². The van der Waals surface area contributed by atoms with Crippen LogP contribution in [0.25, 0.3) is 10.9 Å². The number of benzene rings is 2. The molecular weight excluding hydrogens is 364 g/mol. The summed E-state index contributed by atoms with van der Waals surface area (Å²) >= 11 is 0. The molecule has 6 nitrogen and oxygen atoms in total. The topological polar surface area (TPSA) is 80.6 Å². The molecule has 0 aliphatic carbocycles. The molecule has 0 bridgehead atoms. The Morgan fingerprint density at radius 1 is 1.15 bits per heavy atom. The van der Waals surface area contributed by atoms with Crippen molar-refractivity contribution >= 4 is 20.9 Å². The van der Waals surface area contributed by atoms with E-state index >= 15 is 0 Å². The van der Waals surface area contributed by atoms with E-state index in [1.165, 1.54) is 0 Å². The molecule has 2 aromatic carbocycles. The lowest BCUT2D eigenvalue weighted by Crippen LogP contribution is -2.31. The van der Waals surface area contributed by atoms with Gasteiger partial charge in [0.2, 0.25) is 10.0 Å². The number of methoxy groups -OCH3 is 1. The molecule has 1 heterocycles. The van der Waals surface area contributed by atoms with Gasteiger partial charge >= 0.3 is 0 Å². The summed E-state index contributed by atoms with van der Waals surface area (Å²) in [5.74, 6) is 0.694. The highest BCUT2D eigenvalue weighted by Gasteiger charge is 2.18. The van der Waals surface area contributed by atoms with Gasteiger partial charge in [-0.1, -0.05) is 30.3 Å². The van der Waals surface area contributed by atoms with Crippen molar-refractivity contribution in [2.24, 2.45) is 7.05 Å². The minimum Gasteiger partial charge on any atom is -0.497 e. The first-order valence-electron chi connectivity index (χ1n) is 8.72. The number of rotatable bonds is 8. The number of aromatic nitrogens is 1. The summed E-state index contributed by atoms with van der Waals surface area (Å²) in [7, 11) is -0.00474. The third-order valence-corrected chi connectivity index (χ3v) is 5.95. The van der Waals surface area contributed by atoms with Gasteiger partial charge in [0, 0.05) is 36.3 Å². The monoisotopic (exact) mass is 388 g/mol. The Balaban J connectivity index is 1.60. The summed E-state index contributed by atoms with van der Waals surface area (Å²) in [6.07, 6.45) is 1.32. The van der Waals surface area contributed by atoms with E-state index in [2.05, 4.69) is 4.72 Å². The number of aliphatic hydroxyl groups excluding tert-OH is 1. The number of ether oxygens (including phenoxy) is 1. The Kier molecular flexibility index (Phi) is 5.84. The number of nitrogens with one attached hydrogen (secondary N) is 1. The van der Waals surface area contributed by atoms with Crippen LogP contribution in [0.5, 0.6) is 5.75 Å². The maximum atomic E-state index is 12.3. The lowest BCUT2D eigenvalue weighted by atomic mass is 10.1. The van der Waals surface area contributed by atoms with Crippen LogP contribution >= 0.6 is 0 Å². The molecule has 3 rings (SSSR count). The van der Waals surface area contributed by atoms with E-state index in [0.29, 0.717) is 12.0 Å². The van der Waals surface area contributed by atoms with Crippen LogP contribution < -0.4 is 9.46 Å². The minimum atomic E-state index is -3.49. The smallest absolute Gasteiger partial charge is 0.212 e. The second-order valence-corrected chi connectivity index (χ2v) is 8.42. The van der Waals surface area contributed by atoms with E-state index in [0.717, 1.165) is 22.2 Å². The van der Waals surface area contributed by atoms with Crippen LogP contribution in [0.1, 0.15) is 17.2 Å². The van der Waals surface area contributed by atoms with Gasteiger partial charge in [0.25, 0.3) is 0 Å². The zero-order valence-corrected chi connectivity index (χ0v) is 16.2. The summed E-state index contributed by atoms with van der Waals surface area (Å²) in [5, 5.41) is 11.4. The van der Waals surface area contributed by atoms with E-state index in [-0.39, 0.29) is 12.3 Å². The fourth-order valence-electron chi connectivity index (χ4n) is 3.07. The van der Waals surface area contributed by atoms with Crippen molar-refractivity contribution in [3.63, 3.8) is 0 Å². The van der Waals surface area contributed by atoms with Gasteiger partial charge in [-0.25, -0.2) is 13.1 Å². The predicted molar refractivity (Wildman–Crippen MR) is 106 cm³/mol. The Hall–Kier alpha value is -2.35. The van der Waals surface area contributed by atoms with Crippen LogP contribution in [0.15, 0.2) is 54.7 Å². The first-order valence-corrected chi connectivity index (χ1v) is 10.4. The van der Waals surface area contributed by atoms with E-state index in [1.54, 1.807) is 19.2 Å². The number of sulfonamides is 1. The highest BCUT2D eigenvalue weighted by Crippen LogP contribution is 2.25. The average molecular weight is 388 g/mol. The number of fused-ring (bicyclic) bond motifs is 1. The molecule has 0 amide bonds. The van der Waals surface area contributed by atoms with Gasteiger partial charge in [-0.15, -0.1) is 0 Å². The first kappa shape index (κ1) is 19.4. The van der Waals surface area contributed by atoms with Gasteiger partial charge in [-0.3, -0.25) is 0 Å². The van der Waals surface area contributed by atoms with Crippen molar-refractivity contribution < 1.29 is 18.3 Å². The van der Waals surface area contributed by atoms with E-state index in [1.807, 2.05) is 54.2 Å². The summed E-state index contributed by atoms with van der Waals surface area (Å²) in [6, 6.07) is 15.0. The number of para-hydroxylation sites is 1. The average Bonchev–Trinajstić information content (AvgIpc) is 3.02. The molecule has 2 N–H and O–H groups in total. The maximum absolute atomic E-state index is 12.3. The minimum absolute atomic E-state index is 0.0401. The van der Waals surface area contributed by atoms with Gasteiger partial charge in [0.15, 0.2) is 0 Å². The van der Waals surface area contributed by atoms with E-state index in [9.17, 15) is 13.5 Å². The van der Waals surface area contributed by atoms with Gasteiger partial charge in [-0.05, 0) is 30.2 Å². The molecular formula is C20H24N2O4S. The molecule has 0 fully saturated rings. The molecule has 7 heteroatoms. The zero-order chi connectivity index (χ0) is 19.4. The van der Waals surface area contributed by atoms with Crippen molar-refractivity contribution in [2.45, 2.75) is 12.5 Å². The molecule has 0 radical (unpaired) electrons. The molecule has 0 spiro atoms. The van der Waals surface area contributed by atoms with Crippen molar-refractivity contribution in [3.05, 3.63) is 65.9 Å². The molecule has 0 aliphatic heterocycles. The van der Waals surface area contributed by atoms with Gasteiger partial charge in [-0.2, -0.15) is 0 Å². The third-order valence-electron chi connectivity index (χ3n) is 4.60. The van der Waals surface area contributed by atoms with Crippen molar-refractivity contribution in [1.82, 2.24) is 9.29 Å². The second kappa shape index (κ2) is 8.12. The summed E-state index contributed by atoms with van der Waals surface area (Å²) in [4.78, 5) is 0. The second-order valence-electron chi connectivity index (χ2n) is 6.49. The fraction of sp³-hybridized carbons (Fsp3) is 0.300. The summed E-state index contributed by atoms with van der Waals surface area (Å²) < 4.78 is 34.1. The summed E-state index contributed by atoms with van der Waals surface area (Å²) in [6.45, 7) is -0.0566. The zero-order valence-electron chi connectivity index (χ0n) is 15.4. The molecule has 0 unspecified atom stereocenters. The predicted octanol–water partition coefficient (Wildman–Crippen LogP) is 2.38. The molecule has 0 saturated heterocycles. The standard InChI is InChI=1S/C20H24N2O4S/c1-22-14-18(17-5-3-4-6-19(17)22)20(23)13-21-27(24,25)12-11-15-7-9-16(26-2)10-8-15/h3-10,14,20-21,23H,11-13H2,1-2H3/t20-/m1/s1. The van der Waals surface area contributed by atoms with Crippen molar-refractivity contribution in [1.29, 1.82) is 0 Å². The molecule has 144 valence electrons. The van der Waals surface area contributed by atoms with Gasteiger partial charge in [0.1, 0.15) is 5.75 Å². The summed E-state index contributed by atoms with van der Waals surface area (Å²) in [5.41, 5.74) is 2.62. The van der Waals surface area contributed by atoms with Crippen LogP contribution in [0.2, 0.25) is 0 Å². The fourth-order valence-corrected chi connectivity index (χ4v) is 4.13.